The molecule has 0 fully saturated rings. The topological polar surface area (TPSA) is 73.1 Å². The molecule has 2 aromatic rings. The summed E-state index contributed by atoms with van der Waals surface area (Å²) in [6.45, 7) is 1.87. The molecule has 0 aliphatic carbocycles. The van der Waals surface area contributed by atoms with Crippen LogP contribution in [0.15, 0.2) is 38.2 Å². The van der Waals surface area contributed by atoms with Crippen molar-refractivity contribution in [2.75, 3.05) is 0 Å². The standard InChI is InChI=1S/C11H11BrN2O3S/c1-2-10-13-11(17-14-10)7-18(15,16)9-5-3-8(12)4-6-9/h3-6H,2,7H2,1H3. The minimum absolute atomic E-state index is 0.120. The van der Waals surface area contributed by atoms with Crippen LogP contribution < -0.4 is 0 Å². The van der Waals surface area contributed by atoms with Crippen molar-refractivity contribution in [3.05, 3.63) is 40.5 Å². The normalized spacial score (nSPS) is 11.7. The Morgan fingerprint density at radius 2 is 1.94 bits per heavy atom. The summed E-state index contributed by atoms with van der Waals surface area (Å²) in [7, 11) is -3.44. The van der Waals surface area contributed by atoms with Gasteiger partial charge in [-0.15, -0.1) is 0 Å². The number of aromatic nitrogens is 2. The van der Waals surface area contributed by atoms with Crippen LogP contribution in [-0.2, 0) is 22.0 Å². The van der Waals surface area contributed by atoms with Gasteiger partial charge in [0, 0.05) is 10.9 Å². The van der Waals surface area contributed by atoms with E-state index >= 15 is 0 Å². The van der Waals surface area contributed by atoms with Gasteiger partial charge in [-0.25, -0.2) is 8.42 Å². The number of hydrogen-bond donors (Lipinski definition) is 0. The highest BCUT2D eigenvalue weighted by Crippen LogP contribution is 2.18. The van der Waals surface area contributed by atoms with Gasteiger partial charge >= 0.3 is 0 Å². The average Bonchev–Trinajstić information content (AvgIpc) is 2.76. The van der Waals surface area contributed by atoms with E-state index < -0.39 is 9.84 Å². The highest BCUT2D eigenvalue weighted by Gasteiger charge is 2.19. The van der Waals surface area contributed by atoms with Crippen molar-refractivity contribution < 1.29 is 12.9 Å². The number of sulfone groups is 1. The van der Waals surface area contributed by atoms with Crippen molar-refractivity contribution in [1.82, 2.24) is 10.1 Å². The predicted molar refractivity (Wildman–Crippen MR) is 68.7 cm³/mol. The van der Waals surface area contributed by atoms with E-state index in [-0.39, 0.29) is 16.5 Å². The highest BCUT2D eigenvalue weighted by atomic mass is 79.9. The third-order valence-electron chi connectivity index (χ3n) is 2.31. The number of halogens is 1. The Hall–Kier alpha value is -1.21. The first-order valence-electron chi connectivity index (χ1n) is 5.31. The second-order valence-corrected chi connectivity index (χ2v) is 6.58. The third-order valence-corrected chi connectivity index (χ3v) is 4.46. The molecule has 2 rings (SSSR count). The Balaban J connectivity index is 2.24. The molecule has 0 unspecified atom stereocenters. The van der Waals surface area contributed by atoms with Gasteiger partial charge in [-0.05, 0) is 24.3 Å². The molecular formula is C11H11BrN2O3S. The summed E-state index contributed by atoms with van der Waals surface area (Å²) in [5.41, 5.74) is 0. The summed E-state index contributed by atoms with van der Waals surface area (Å²) < 4.78 is 29.8. The molecule has 0 amide bonds. The molecule has 0 saturated carbocycles. The zero-order valence-electron chi connectivity index (χ0n) is 9.63. The fourth-order valence-corrected chi connectivity index (χ4v) is 2.80. The zero-order valence-corrected chi connectivity index (χ0v) is 12.0. The summed E-state index contributed by atoms with van der Waals surface area (Å²) >= 11 is 3.26. The van der Waals surface area contributed by atoms with Gasteiger partial charge in [0.15, 0.2) is 15.7 Å². The third kappa shape index (κ3) is 2.97. The van der Waals surface area contributed by atoms with Crippen molar-refractivity contribution in [2.45, 2.75) is 24.0 Å². The molecule has 1 aromatic carbocycles. The van der Waals surface area contributed by atoms with Crippen LogP contribution in [0.5, 0.6) is 0 Å². The number of aryl methyl sites for hydroxylation is 1. The fraction of sp³-hybridized carbons (Fsp3) is 0.273. The lowest BCUT2D eigenvalue weighted by Gasteiger charge is -2.01. The molecule has 0 saturated heterocycles. The monoisotopic (exact) mass is 330 g/mol. The van der Waals surface area contributed by atoms with Crippen LogP contribution in [0.2, 0.25) is 0 Å². The SMILES string of the molecule is CCc1noc(CS(=O)(=O)c2ccc(Br)cc2)n1. The first kappa shape index (κ1) is 13.2. The zero-order chi connectivity index (χ0) is 13.2. The fourth-order valence-electron chi connectivity index (χ4n) is 1.38. The summed E-state index contributed by atoms with van der Waals surface area (Å²) in [4.78, 5) is 4.23. The van der Waals surface area contributed by atoms with E-state index in [1.807, 2.05) is 6.92 Å². The second-order valence-electron chi connectivity index (χ2n) is 3.67. The Morgan fingerprint density at radius 3 is 2.50 bits per heavy atom. The molecule has 0 atom stereocenters. The first-order chi connectivity index (χ1) is 8.51. The van der Waals surface area contributed by atoms with E-state index in [1.54, 1.807) is 12.1 Å². The van der Waals surface area contributed by atoms with Crippen LogP contribution in [0.4, 0.5) is 0 Å². The van der Waals surface area contributed by atoms with Crippen molar-refractivity contribution in [1.29, 1.82) is 0 Å². The van der Waals surface area contributed by atoms with Crippen LogP contribution in [0.1, 0.15) is 18.6 Å². The minimum atomic E-state index is -3.44. The molecule has 1 aromatic heterocycles. The molecule has 96 valence electrons. The number of rotatable bonds is 4. The van der Waals surface area contributed by atoms with Crippen molar-refractivity contribution >= 4 is 25.8 Å². The maximum atomic E-state index is 12.1. The predicted octanol–water partition coefficient (Wildman–Crippen LogP) is 2.37. The first-order valence-corrected chi connectivity index (χ1v) is 7.75. The van der Waals surface area contributed by atoms with Crippen LogP contribution in [0, 0.1) is 0 Å². The van der Waals surface area contributed by atoms with Gasteiger partial charge < -0.3 is 4.52 Å². The lowest BCUT2D eigenvalue weighted by atomic mass is 10.4. The number of nitrogens with zero attached hydrogens (tertiary/aromatic N) is 2. The molecule has 18 heavy (non-hydrogen) atoms. The summed E-state index contributed by atoms with van der Waals surface area (Å²) in [6, 6.07) is 6.43. The number of hydrogen-bond acceptors (Lipinski definition) is 5. The molecule has 7 heteroatoms. The van der Waals surface area contributed by atoms with Gasteiger partial charge in [0.05, 0.1) is 4.90 Å². The van der Waals surface area contributed by atoms with Gasteiger partial charge in [-0.2, -0.15) is 4.98 Å². The summed E-state index contributed by atoms with van der Waals surface area (Å²) in [6.07, 6.45) is 0.613. The van der Waals surface area contributed by atoms with Crippen molar-refractivity contribution in [3.63, 3.8) is 0 Å². The quantitative estimate of drug-likeness (QED) is 0.860. The van der Waals surface area contributed by atoms with Gasteiger partial charge in [0.1, 0.15) is 5.75 Å². The van der Waals surface area contributed by atoms with Crippen LogP contribution >= 0.6 is 15.9 Å². The van der Waals surface area contributed by atoms with E-state index in [1.165, 1.54) is 12.1 Å². The van der Waals surface area contributed by atoms with Gasteiger partial charge in [0.25, 0.3) is 0 Å². The van der Waals surface area contributed by atoms with Crippen molar-refractivity contribution in [3.8, 4) is 0 Å². The largest absolute Gasteiger partial charge is 0.338 e. The van der Waals surface area contributed by atoms with Crippen molar-refractivity contribution in [2.24, 2.45) is 0 Å². The summed E-state index contributed by atoms with van der Waals surface area (Å²) in [5, 5.41) is 3.67. The molecule has 0 spiro atoms. The second kappa shape index (κ2) is 5.19. The van der Waals surface area contributed by atoms with Crippen LogP contribution in [0.25, 0.3) is 0 Å². The van der Waals surface area contributed by atoms with Crippen LogP contribution in [-0.4, -0.2) is 18.6 Å². The Labute approximate surface area is 113 Å². The van der Waals surface area contributed by atoms with E-state index in [0.717, 1.165) is 4.47 Å². The molecule has 0 aliphatic heterocycles. The number of benzene rings is 1. The van der Waals surface area contributed by atoms with E-state index in [4.69, 9.17) is 4.52 Å². The smallest absolute Gasteiger partial charge is 0.242 e. The maximum absolute atomic E-state index is 12.1. The molecule has 5 nitrogen and oxygen atoms in total. The van der Waals surface area contributed by atoms with Crippen LogP contribution in [0.3, 0.4) is 0 Å². The van der Waals surface area contributed by atoms with Gasteiger partial charge in [-0.1, -0.05) is 28.0 Å². The van der Waals surface area contributed by atoms with Gasteiger partial charge in [0.2, 0.25) is 5.89 Å². The molecular weight excluding hydrogens is 320 g/mol. The van der Waals surface area contributed by atoms with Gasteiger partial charge in [-0.3, -0.25) is 0 Å². The van der Waals surface area contributed by atoms with E-state index in [9.17, 15) is 8.42 Å². The molecule has 1 heterocycles. The highest BCUT2D eigenvalue weighted by molar-refractivity contribution is 9.10. The molecule has 0 bridgehead atoms. The molecule has 0 aliphatic rings. The molecule has 0 radical (unpaired) electrons. The van der Waals surface area contributed by atoms with E-state index in [0.29, 0.717) is 12.2 Å². The average molecular weight is 331 g/mol. The Morgan fingerprint density at radius 1 is 1.28 bits per heavy atom. The summed E-state index contributed by atoms with van der Waals surface area (Å²) in [5.74, 6) is 0.354. The minimum Gasteiger partial charge on any atom is -0.338 e. The van der Waals surface area contributed by atoms with E-state index in [2.05, 4.69) is 26.1 Å². The Kier molecular flexibility index (Phi) is 3.82. The Bertz CT molecular complexity index is 635. The lowest BCUT2D eigenvalue weighted by Crippen LogP contribution is -2.05. The maximum Gasteiger partial charge on any atom is 0.242 e. The molecule has 0 N–H and O–H groups in total. The lowest BCUT2D eigenvalue weighted by molar-refractivity contribution is 0.383.